The van der Waals surface area contributed by atoms with Gasteiger partial charge >= 0.3 is 6.18 Å². The number of hydrogen-bond donors (Lipinski definition) is 2. The van der Waals surface area contributed by atoms with E-state index in [9.17, 15) is 18.3 Å². The highest BCUT2D eigenvalue weighted by Gasteiger charge is 2.34. The Morgan fingerprint density at radius 2 is 2.10 bits per heavy atom. The summed E-state index contributed by atoms with van der Waals surface area (Å²) >= 11 is 0. The van der Waals surface area contributed by atoms with Crippen LogP contribution in [0, 0.1) is 5.92 Å². The zero-order chi connectivity index (χ0) is 15.6. The summed E-state index contributed by atoms with van der Waals surface area (Å²) in [5.41, 5.74) is 4.46. The Hall–Kier alpha value is -2.09. The molecule has 21 heavy (non-hydrogen) atoms. The van der Waals surface area contributed by atoms with Crippen LogP contribution in [-0.4, -0.2) is 21.8 Å². The molecule has 114 valence electrons. The molecule has 1 heterocycles. The van der Waals surface area contributed by atoms with Crippen molar-refractivity contribution in [2.45, 2.75) is 19.5 Å². The first kappa shape index (κ1) is 15.3. The summed E-state index contributed by atoms with van der Waals surface area (Å²) in [5.74, 6) is -0.361. The van der Waals surface area contributed by atoms with Crippen molar-refractivity contribution in [3.8, 4) is 17.1 Å². The van der Waals surface area contributed by atoms with Gasteiger partial charge in [-0.3, -0.25) is 0 Å². The van der Waals surface area contributed by atoms with Crippen molar-refractivity contribution >= 4 is 0 Å². The fraction of sp³-hybridized carbons (Fsp3) is 0.385. The monoisotopic (exact) mass is 301 g/mol. The Kier molecular flexibility index (Phi) is 4.17. The maximum atomic E-state index is 12.7. The van der Waals surface area contributed by atoms with Gasteiger partial charge in [-0.1, -0.05) is 12.1 Å². The van der Waals surface area contributed by atoms with Gasteiger partial charge in [0.25, 0.3) is 0 Å². The number of hydrogen-bond acceptors (Lipinski definition) is 5. The van der Waals surface area contributed by atoms with Crippen LogP contribution in [0.25, 0.3) is 11.4 Å². The first-order valence-corrected chi connectivity index (χ1v) is 6.24. The lowest BCUT2D eigenvalue weighted by Gasteiger charge is -2.09. The summed E-state index contributed by atoms with van der Waals surface area (Å²) in [6.45, 7) is 2.33. The molecule has 0 aliphatic rings. The molecule has 0 spiro atoms. The minimum absolute atomic E-state index is 0.0414. The average molecular weight is 301 g/mol. The molecule has 0 saturated carbocycles. The van der Waals surface area contributed by atoms with Crippen LogP contribution in [0.4, 0.5) is 13.2 Å². The number of aromatic hydroxyl groups is 1. The van der Waals surface area contributed by atoms with E-state index in [1.54, 1.807) is 0 Å². The summed E-state index contributed by atoms with van der Waals surface area (Å²) < 4.78 is 43.2. The molecule has 0 bridgehead atoms. The van der Waals surface area contributed by atoms with Gasteiger partial charge in [-0.15, -0.1) is 0 Å². The third-order valence-corrected chi connectivity index (χ3v) is 2.95. The number of phenolic OH excluding ortho intramolecular Hbond substituents is 1. The summed E-state index contributed by atoms with van der Waals surface area (Å²) in [6, 6.07) is 3.04. The molecule has 0 fully saturated rings. The molecular weight excluding hydrogens is 287 g/mol. The number of rotatable bonds is 4. The molecule has 1 aromatic heterocycles. The van der Waals surface area contributed by atoms with Crippen LogP contribution in [0.3, 0.4) is 0 Å². The molecule has 2 aromatic rings. The second-order valence-corrected chi connectivity index (χ2v) is 4.79. The van der Waals surface area contributed by atoms with E-state index in [1.807, 2.05) is 6.92 Å². The molecule has 8 heteroatoms. The molecule has 0 aliphatic heterocycles. The molecule has 5 nitrogen and oxygen atoms in total. The second-order valence-electron chi connectivity index (χ2n) is 4.79. The first-order valence-electron chi connectivity index (χ1n) is 6.24. The number of halogens is 3. The number of aromatic nitrogens is 2. The van der Waals surface area contributed by atoms with Crippen molar-refractivity contribution in [1.29, 1.82) is 0 Å². The third kappa shape index (κ3) is 3.52. The molecule has 1 aromatic carbocycles. The van der Waals surface area contributed by atoms with Gasteiger partial charge in [0.2, 0.25) is 11.7 Å². The number of nitrogens with zero attached hydrogens (tertiary/aromatic N) is 2. The lowest BCUT2D eigenvalue weighted by atomic mass is 10.1. The maximum absolute atomic E-state index is 12.7. The van der Waals surface area contributed by atoms with E-state index in [0.29, 0.717) is 18.9 Å². The van der Waals surface area contributed by atoms with Gasteiger partial charge in [0.05, 0.1) is 5.56 Å². The molecule has 0 aliphatic carbocycles. The van der Waals surface area contributed by atoms with Crippen LogP contribution >= 0.6 is 0 Å². The van der Waals surface area contributed by atoms with E-state index in [4.69, 9.17) is 10.3 Å². The topological polar surface area (TPSA) is 85.2 Å². The standard InChI is InChI=1S/C13H14F3N3O2/c1-7(6-17)4-11-18-12(19-21-11)8-2-3-10(20)9(5-8)13(14,15)16/h2-3,5,7,20H,4,6,17H2,1H3. The highest BCUT2D eigenvalue weighted by Crippen LogP contribution is 2.37. The van der Waals surface area contributed by atoms with E-state index in [2.05, 4.69) is 10.1 Å². The van der Waals surface area contributed by atoms with Gasteiger partial charge in [-0.05, 0) is 30.7 Å². The van der Waals surface area contributed by atoms with Crippen molar-refractivity contribution < 1.29 is 22.8 Å². The Labute approximate surface area is 118 Å². The van der Waals surface area contributed by atoms with Gasteiger partial charge in [0, 0.05) is 12.0 Å². The predicted octanol–water partition coefficient (Wildman–Crippen LogP) is 2.60. The van der Waals surface area contributed by atoms with Crippen molar-refractivity contribution in [3.63, 3.8) is 0 Å². The van der Waals surface area contributed by atoms with Crippen LogP contribution in [0.15, 0.2) is 22.7 Å². The van der Waals surface area contributed by atoms with Crippen molar-refractivity contribution in [2.24, 2.45) is 11.7 Å². The van der Waals surface area contributed by atoms with Crippen LogP contribution in [0.2, 0.25) is 0 Å². The number of nitrogens with two attached hydrogens (primary N) is 1. The predicted molar refractivity (Wildman–Crippen MR) is 68.3 cm³/mol. The SMILES string of the molecule is CC(CN)Cc1nc(-c2ccc(O)c(C(F)(F)F)c2)no1. The van der Waals surface area contributed by atoms with Crippen molar-refractivity contribution in [1.82, 2.24) is 10.1 Å². The van der Waals surface area contributed by atoms with Crippen LogP contribution in [0.5, 0.6) is 5.75 Å². The highest BCUT2D eigenvalue weighted by molar-refractivity contribution is 5.58. The second kappa shape index (κ2) is 5.72. The zero-order valence-corrected chi connectivity index (χ0v) is 11.2. The van der Waals surface area contributed by atoms with E-state index in [-0.39, 0.29) is 17.3 Å². The highest BCUT2D eigenvalue weighted by atomic mass is 19.4. The number of alkyl halides is 3. The Balaban J connectivity index is 2.31. The molecule has 1 unspecified atom stereocenters. The molecular formula is C13H14F3N3O2. The molecule has 0 radical (unpaired) electrons. The summed E-state index contributed by atoms with van der Waals surface area (Å²) in [4.78, 5) is 4.04. The van der Waals surface area contributed by atoms with E-state index in [0.717, 1.165) is 12.1 Å². The first-order chi connectivity index (χ1) is 9.81. The minimum atomic E-state index is -4.65. The number of benzene rings is 1. The molecule has 2 rings (SSSR count). The van der Waals surface area contributed by atoms with Crippen molar-refractivity contribution in [3.05, 3.63) is 29.7 Å². The van der Waals surface area contributed by atoms with Gasteiger partial charge in [-0.25, -0.2) is 0 Å². The third-order valence-electron chi connectivity index (χ3n) is 2.95. The van der Waals surface area contributed by atoms with E-state index in [1.165, 1.54) is 6.07 Å². The Bertz CT molecular complexity index is 625. The summed E-state index contributed by atoms with van der Waals surface area (Å²) in [5, 5.41) is 12.9. The largest absolute Gasteiger partial charge is 0.507 e. The minimum Gasteiger partial charge on any atom is -0.507 e. The number of phenols is 1. The fourth-order valence-electron chi connectivity index (χ4n) is 1.74. The van der Waals surface area contributed by atoms with Crippen LogP contribution in [0.1, 0.15) is 18.4 Å². The lowest BCUT2D eigenvalue weighted by molar-refractivity contribution is -0.138. The quantitative estimate of drug-likeness (QED) is 0.906. The molecule has 0 amide bonds. The fourth-order valence-corrected chi connectivity index (χ4v) is 1.74. The maximum Gasteiger partial charge on any atom is 0.419 e. The van der Waals surface area contributed by atoms with Gasteiger partial charge in [0.1, 0.15) is 5.75 Å². The van der Waals surface area contributed by atoms with Crippen molar-refractivity contribution in [2.75, 3.05) is 6.54 Å². The van der Waals surface area contributed by atoms with Gasteiger partial charge in [-0.2, -0.15) is 18.2 Å². The Morgan fingerprint density at radius 1 is 1.38 bits per heavy atom. The van der Waals surface area contributed by atoms with Crippen LogP contribution < -0.4 is 5.73 Å². The molecule has 3 N–H and O–H groups in total. The van der Waals surface area contributed by atoms with Gasteiger partial charge in [0.15, 0.2) is 0 Å². The van der Waals surface area contributed by atoms with E-state index >= 15 is 0 Å². The normalized spacial score (nSPS) is 13.4. The van der Waals surface area contributed by atoms with E-state index < -0.39 is 17.5 Å². The van der Waals surface area contributed by atoms with Gasteiger partial charge < -0.3 is 15.4 Å². The smallest absolute Gasteiger partial charge is 0.419 e. The lowest BCUT2D eigenvalue weighted by Crippen LogP contribution is -2.13. The average Bonchev–Trinajstić information content (AvgIpc) is 2.86. The summed E-state index contributed by atoms with van der Waals surface area (Å²) in [7, 11) is 0. The summed E-state index contributed by atoms with van der Waals surface area (Å²) in [6.07, 6.45) is -4.20. The Morgan fingerprint density at radius 3 is 2.71 bits per heavy atom. The molecule has 1 atom stereocenters. The zero-order valence-electron chi connectivity index (χ0n) is 11.2. The molecule has 0 saturated heterocycles. The van der Waals surface area contributed by atoms with Crippen LogP contribution in [-0.2, 0) is 12.6 Å².